The van der Waals surface area contributed by atoms with Crippen LogP contribution >= 0.6 is 12.4 Å². The Labute approximate surface area is 97.1 Å². The molecule has 0 radical (unpaired) electrons. The molecule has 0 saturated carbocycles. The van der Waals surface area contributed by atoms with E-state index >= 15 is 0 Å². The Bertz CT molecular complexity index is 327. The zero-order valence-electron chi connectivity index (χ0n) is 8.99. The third-order valence-corrected chi connectivity index (χ3v) is 3.01. The molecule has 2 rings (SSSR count). The van der Waals surface area contributed by atoms with Gasteiger partial charge in [-0.15, -0.1) is 12.4 Å². The monoisotopic (exact) mass is 227 g/mol. The minimum Gasteiger partial charge on any atom is -0.508 e. The van der Waals surface area contributed by atoms with Crippen molar-refractivity contribution in [1.82, 2.24) is 5.32 Å². The van der Waals surface area contributed by atoms with E-state index in [1.165, 1.54) is 17.5 Å². The third-order valence-electron chi connectivity index (χ3n) is 3.01. The summed E-state index contributed by atoms with van der Waals surface area (Å²) in [4.78, 5) is 0. The van der Waals surface area contributed by atoms with Gasteiger partial charge in [0.25, 0.3) is 0 Å². The average molecular weight is 228 g/mol. The molecule has 1 atom stereocenters. The molecule has 1 aliphatic rings. The van der Waals surface area contributed by atoms with Crippen LogP contribution in [0.2, 0.25) is 0 Å². The Morgan fingerprint density at radius 1 is 1.40 bits per heavy atom. The number of phenols is 1. The molecule has 1 aromatic rings. The Hall–Kier alpha value is -0.730. The number of aromatic hydroxyl groups is 1. The van der Waals surface area contributed by atoms with Gasteiger partial charge in [-0.3, -0.25) is 0 Å². The van der Waals surface area contributed by atoms with Crippen LogP contribution in [-0.2, 0) is 12.8 Å². The lowest BCUT2D eigenvalue weighted by molar-refractivity contribution is 0.435. The molecule has 0 amide bonds. The van der Waals surface area contributed by atoms with Crippen LogP contribution in [0.3, 0.4) is 0 Å². The third kappa shape index (κ3) is 2.86. The van der Waals surface area contributed by atoms with Gasteiger partial charge >= 0.3 is 0 Å². The highest BCUT2D eigenvalue weighted by atomic mass is 35.5. The van der Waals surface area contributed by atoms with Crippen molar-refractivity contribution in [2.45, 2.75) is 19.3 Å². The van der Waals surface area contributed by atoms with Crippen molar-refractivity contribution in [3.05, 3.63) is 29.3 Å². The maximum absolute atomic E-state index is 9.35. The highest BCUT2D eigenvalue weighted by Crippen LogP contribution is 2.27. The Morgan fingerprint density at radius 3 is 2.93 bits per heavy atom. The van der Waals surface area contributed by atoms with Crippen LogP contribution in [0.1, 0.15) is 17.5 Å². The quantitative estimate of drug-likeness (QED) is 0.812. The molecule has 1 unspecified atom stereocenters. The lowest BCUT2D eigenvalue weighted by atomic mass is 9.84. The molecule has 0 aromatic heterocycles. The zero-order valence-corrected chi connectivity index (χ0v) is 9.81. The van der Waals surface area contributed by atoms with E-state index in [0.29, 0.717) is 5.75 Å². The van der Waals surface area contributed by atoms with Crippen molar-refractivity contribution in [3.63, 3.8) is 0 Å². The standard InChI is InChI=1S/C12H17NO.ClH/c1-13-8-9-2-3-11-7-12(14)5-4-10(11)6-9;/h4-5,7,9,13-14H,2-3,6,8H2,1H3;1H. The van der Waals surface area contributed by atoms with Crippen molar-refractivity contribution in [2.75, 3.05) is 13.6 Å². The fourth-order valence-electron chi connectivity index (χ4n) is 2.28. The van der Waals surface area contributed by atoms with Gasteiger partial charge in [0.1, 0.15) is 5.75 Å². The minimum absolute atomic E-state index is 0. The van der Waals surface area contributed by atoms with Crippen molar-refractivity contribution < 1.29 is 5.11 Å². The lowest BCUT2D eigenvalue weighted by Crippen LogP contribution is -2.24. The second-order valence-corrected chi connectivity index (χ2v) is 4.12. The second kappa shape index (κ2) is 5.38. The van der Waals surface area contributed by atoms with E-state index in [0.717, 1.165) is 25.3 Å². The van der Waals surface area contributed by atoms with Gasteiger partial charge in [-0.1, -0.05) is 6.07 Å². The molecule has 0 aliphatic heterocycles. The van der Waals surface area contributed by atoms with E-state index in [1.54, 1.807) is 6.07 Å². The Balaban J connectivity index is 0.00000112. The molecule has 1 aliphatic carbocycles. The van der Waals surface area contributed by atoms with Crippen LogP contribution in [0.4, 0.5) is 0 Å². The van der Waals surface area contributed by atoms with Gasteiger partial charge in [-0.05, 0) is 62.0 Å². The average Bonchev–Trinajstić information content (AvgIpc) is 2.19. The number of hydrogen-bond acceptors (Lipinski definition) is 2. The van der Waals surface area contributed by atoms with Gasteiger partial charge in [-0.25, -0.2) is 0 Å². The zero-order chi connectivity index (χ0) is 9.97. The van der Waals surface area contributed by atoms with Crippen molar-refractivity contribution >= 4 is 12.4 Å². The predicted octanol–water partition coefficient (Wildman–Crippen LogP) is 2.14. The topological polar surface area (TPSA) is 32.3 Å². The first-order valence-corrected chi connectivity index (χ1v) is 5.25. The van der Waals surface area contributed by atoms with Crippen molar-refractivity contribution in [1.29, 1.82) is 0 Å². The van der Waals surface area contributed by atoms with Crippen molar-refractivity contribution in [2.24, 2.45) is 5.92 Å². The summed E-state index contributed by atoms with van der Waals surface area (Å²) in [6.45, 7) is 1.10. The van der Waals surface area contributed by atoms with E-state index in [1.807, 2.05) is 13.1 Å². The highest BCUT2D eigenvalue weighted by molar-refractivity contribution is 5.85. The molecule has 0 fully saturated rings. The summed E-state index contributed by atoms with van der Waals surface area (Å²) in [5.74, 6) is 1.16. The van der Waals surface area contributed by atoms with Crippen LogP contribution in [0, 0.1) is 5.92 Å². The van der Waals surface area contributed by atoms with Crippen LogP contribution in [0.15, 0.2) is 18.2 Å². The second-order valence-electron chi connectivity index (χ2n) is 4.12. The molecule has 0 bridgehead atoms. The molecule has 0 saturated heterocycles. The summed E-state index contributed by atoms with van der Waals surface area (Å²) in [6, 6.07) is 5.76. The summed E-state index contributed by atoms with van der Waals surface area (Å²) in [6.07, 6.45) is 3.49. The van der Waals surface area contributed by atoms with E-state index < -0.39 is 0 Å². The molecule has 0 spiro atoms. The molecule has 84 valence electrons. The van der Waals surface area contributed by atoms with Crippen LogP contribution < -0.4 is 5.32 Å². The van der Waals surface area contributed by atoms with Crippen LogP contribution in [0.25, 0.3) is 0 Å². The number of rotatable bonds is 2. The number of aryl methyl sites for hydroxylation is 1. The molecule has 3 heteroatoms. The summed E-state index contributed by atoms with van der Waals surface area (Å²) in [5.41, 5.74) is 2.74. The normalized spacial score (nSPS) is 19.1. The Morgan fingerprint density at radius 2 is 2.20 bits per heavy atom. The maximum Gasteiger partial charge on any atom is 0.115 e. The van der Waals surface area contributed by atoms with Gasteiger partial charge in [0.05, 0.1) is 0 Å². The highest BCUT2D eigenvalue weighted by Gasteiger charge is 2.17. The van der Waals surface area contributed by atoms with Crippen molar-refractivity contribution in [3.8, 4) is 5.75 Å². The molecule has 0 heterocycles. The van der Waals surface area contributed by atoms with Gasteiger partial charge in [0.2, 0.25) is 0 Å². The molecule has 15 heavy (non-hydrogen) atoms. The number of halogens is 1. The smallest absolute Gasteiger partial charge is 0.115 e. The first kappa shape index (κ1) is 12.3. The molecular weight excluding hydrogens is 210 g/mol. The number of nitrogens with one attached hydrogen (secondary N) is 1. The van der Waals surface area contributed by atoms with Gasteiger partial charge < -0.3 is 10.4 Å². The first-order chi connectivity index (χ1) is 6.79. The molecule has 2 N–H and O–H groups in total. The predicted molar refractivity (Wildman–Crippen MR) is 64.8 cm³/mol. The Kier molecular flexibility index (Phi) is 4.43. The summed E-state index contributed by atoms with van der Waals surface area (Å²) in [7, 11) is 2.01. The summed E-state index contributed by atoms with van der Waals surface area (Å²) in [5, 5.41) is 12.6. The summed E-state index contributed by atoms with van der Waals surface area (Å²) < 4.78 is 0. The first-order valence-electron chi connectivity index (χ1n) is 5.25. The lowest BCUT2D eigenvalue weighted by Gasteiger charge is -2.24. The molecule has 1 aromatic carbocycles. The number of fused-ring (bicyclic) bond motifs is 1. The molecular formula is C12H18ClNO. The fourth-order valence-corrected chi connectivity index (χ4v) is 2.28. The fraction of sp³-hybridized carbons (Fsp3) is 0.500. The van der Waals surface area contributed by atoms with E-state index in [-0.39, 0.29) is 12.4 Å². The minimum atomic E-state index is 0. The van der Waals surface area contributed by atoms with E-state index in [2.05, 4.69) is 11.4 Å². The number of benzene rings is 1. The maximum atomic E-state index is 9.35. The SMILES string of the molecule is CNCC1CCc2cc(O)ccc2C1.Cl. The largest absolute Gasteiger partial charge is 0.508 e. The number of phenolic OH excluding ortho intramolecular Hbond substituents is 1. The van der Waals surface area contributed by atoms with E-state index in [4.69, 9.17) is 0 Å². The summed E-state index contributed by atoms with van der Waals surface area (Å²) >= 11 is 0. The van der Waals surface area contributed by atoms with Crippen LogP contribution in [0.5, 0.6) is 5.75 Å². The van der Waals surface area contributed by atoms with Gasteiger partial charge in [0.15, 0.2) is 0 Å². The van der Waals surface area contributed by atoms with Gasteiger partial charge in [0, 0.05) is 0 Å². The van der Waals surface area contributed by atoms with Gasteiger partial charge in [-0.2, -0.15) is 0 Å². The number of hydrogen-bond donors (Lipinski definition) is 2. The van der Waals surface area contributed by atoms with E-state index in [9.17, 15) is 5.11 Å². The van der Waals surface area contributed by atoms with Crippen LogP contribution in [-0.4, -0.2) is 18.7 Å². The molecule has 2 nitrogen and oxygen atoms in total.